The number of fused-ring (bicyclic) bond motifs is 1. The molecule has 1 saturated carbocycles. The second-order valence-corrected chi connectivity index (χ2v) is 8.17. The molecule has 0 bridgehead atoms. The van der Waals surface area contributed by atoms with Crippen molar-refractivity contribution in [2.75, 3.05) is 40.0 Å². The summed E-state index contributed by atoms with van der Waals surface area (Å²) >= 11 is 0. The first kappa shape index (κ1) is 17.5. The molecule has 25 heavy (non-hydrogen) atoms. The van der Waals surface area contributed by atoms with Crippen molar-refractivity contribution < 1.29 is 9.47 Å². The van der Waals surface area contributed by atoms with E-state index in [-0.39, 0.29) is 5.60 Å². The Kier molecular flexibility index (Phi) is 5.41. The van der Waals surface area contributed by atoms with Gasteiger partial charge in [-0.05, 0) is 30.2 Å². The van der Waals surface area contributed by atoms with E-state index in [2.05, 4.69) is 40.5 Å². The number of benzene rings is 1. The molecule has 138 valence electrons. The molecule has 4 nitrogen and oxygen atoms in total. The van der Waals surface area contributed by atoms with Gasteiger partial charge in [-0.1, -0.05) is 30.3 Å². The maximum atomic E-state index is 5.90. The van der Waals surface area contributed by atoms with Crippen LogP contribution in [0.1, 0.15) is 31.2 Å². The van der Waals surface area contributed by atoms with E-state index in [1.165, 1.54) is 31.5 Å². The molecule has 2 saturated heterocycles. The molecule has 2 heterocycles. The lowest BCUT2D eigenvalue weighted by molar-refractivity contribution is -0.0890. The maximum Gasteiger partial charge on any atom is 0.0846 e. The topological polar surface area (TPSA) is 33.7 Å². The number of nitrogens with one attached hydrogen (secondary N) is 1. The van der Waals surface area contributed by atoms with Crippen molar-refractivity contribution in [2.45, 2.75) is 43.9 Å². The Labute approximate surface area is 151 Å². The summed E-state index contributed by atoms with van der Waals surface area (Å²) in [6.45, 7) is 6.23. The molecule has 3 fully saturated rings. The molecule has 3 aliphatic rings. The first-order valence-electron chi connectivity index (χ1n) is 9.91. The van der Waals surface area contributed by atoms with Gasteiger partial charge in [-0.2, -0.15) is 0 Å². The summed E-state index contributed by atoms with van der Waals surface area (Å²) < 4.78 is 11.4. The van der Waals surface area contributed by atoms with Gasteiger partial charge in [-0.15, -0.1) is 0 Å². The molecule has 0 spiro atoms. The van der Waals surface area contributed by atoms with Crippen molar-refractivity contribution in [1.29, 1.82) is 0 Å². The predicted molar refractivity (Wildman–Crippen MR) is 99.5 cm³/mol. The van der Waals surface area contributed by atoms with Crippen molar-refractivity contribution in [2.24, 2.45) is 11.8 Å². The minimum atomic E-state index is -0.0152. The van der Waals surface area contributed by atoms with Crippen molar-refractivity contribution in [3.8, 4) is 0 Å². The van der Waals surface area contributed by atoms with Crippen LogP contribution in [0.5, 0.6) is 0 Å². The second kappa shape index (κ2) is 7.75. The Balaban J connectivity index is 1.31. The van der Waals surface area contributed by atoms with Crippen LogP contribution in [-0.4, -0.2) is 56.5 Å². The molecule has 1 aromatic rings. The van der Waals surface area contributed by atoms with Crippen molar-refractivity contribution in [3.05, 3.63) is 35.9 Å². The van der Waals surface area contributed by atoms with Crippen LogP contribution in [0.4, 0.5) is 0 Å². The molecule has 1 N–H and O–H groups in total. The summed E-state index contributed by atoms with van der Waals surface area (Å²) in [7, 11) is 1.86. The van der Waals surface area contributed by atoms with E-state index in [1.807, 2.05) is 7.11 Å². The van der Waals surface area contributed by atoms with E-state index in [1.54, 1.807) is 0 Å². The van der Waals surface area contributed by atoms with Gasteiger partial charge in [0, 0.05) is 65.4 Å². The highest BCUT2D eigenvalue weighted by Crippen LogP contribution is 2.39. The summed E-state index contributed by atoms with van der Waals surface area (Å²) in [4.78, 5) is 2.65. The van der Waals surface area contributed by atoms with Crippen LogP contribution in [0.2, 0.25) is 0 Å². The Hall–Kier alpha value is -0.940. The van der Waals surface area contributed by atoms with E-state index in [9.17, 15) is 0 Å². The Morgan fingerprint density at radius 1 is 1.16 bits per heavy atom. The lowest BCUT2D eigenvalue weighted by atomic mass is 9.92. The average Bonchev–Trinajstić information content (AvgIpc) is 3.22. The van der Waals surface area contributed by atoms with E-state index >= 15 is 0 Å². The zero-order chi connectivity index (χ0) is 17.1. The van der Waals surface area contributed by atoms with Crippen LogP contribution in [0.15, 0.2) is 30.3 Å². The number of ether oxygens (including phenoxy) is 2. The van der Waals surface area contributed by atoms with Crippen LogP contribution in [-0.2, 0) is 16.0 Å². The summed E-state index contributed by atoms with van der Waals surface area (Å²) in [6, 6.07) is 11.5. The minimum absolute atomic E-state index is 0.0152. The van der Waals surface area contributed by atoms with E-state index in [4.69, 9.17) is 9.47 Å². The number of hydrogen-bond donors (Lipinski definition) is 1. The lowest BCUT2D eigenvalue weighted by Crippen LogP contribution is -2.50. The smallest absolute Gasteiger partial charge is 0.0846 e. The SMILES string of the molecule is COC1(CN[C@@H]2CC[C@@H]3CN(Cc4ccccc4)C[C@@H]32)CCOCC1. The molecule has 4 heteroatoms. The molecular formula is C21H32N2O2. The number of hydrogen-bond acceptors (Lipinski definition) is 4. The number of rotatable bonds is 6. The largest absolute Gasteiger partial charge is 0.381 e. The predicted octanol–water partition coefficient (Wildman–Crippen LogP) is 2.68. The van der Waals surface area contributed by atoms with Gasteiger partial charge < -0.3 is 14.8 Å². The van der Waals surface area contributed by atoms with Crippen LogP contribution >= 0.6 is 0 Å². The first-order chi connectivity index (χ1) is 12.3. The fraction of sp³-hybridized carbons (Fsp3) is 0.714. The van der Waals surface area contributed by atoms with Crippen LogP contribution in [0, 0.1) is 11.8 Å². The van der Waals surface area contributed by atoms with Gasteiger partial charge in [0.1, 0.15) is 0 Å². The van der Waals surface area contributed by atoms with E-state index in [0.29, 0.717) is 6.04 Å². The van der Waals surface area contributed by atoms with Crippen LogP contribution in [0.3, 0.4) is 0 Å². The third-order valence-corrected chi connectivity index (χ3v) is 6.70. The highest BCUT2D eigenvalue weighted by Gasteiger charge is 2.43. The third-order valence-electron chi connectivity index (χ3n) is 6.70. The van der Waals surface area contributed by atoms with Gasteiger partial charge in [0.25, 0.3) is 0 Å². The number of methoxy groups -OCH3 is 1. The maximum absolute atomic E-state index is 5.90. The molecular weight excluding hydrogens is 312 g/mol. The zero-order valence-corrected chi connectivity index (χ0v) is 15.5. The van der Waals surface area contributed by atoms with Crippen molar-refractivity contribution >= 4 is 0 Å². The molecule has 1 aromatic carbocycles. The fourth-order valence-electron chi connectivity index (χ4n) is 5.10. The van der Waals surface area contributed by atoms with E-state index in [0.717, 1.165) is 51.0 Å². The highest BCUT2D eigenvalue weighted by molar-refractivity contribution is 5.15. The monoisotopic (exact) mass is 344 g/mol. The summed E-state index contributed by atoms with van der Waals surface area (Å²) in [5.41, 5.74) is 1.42. The van der Waals surface area contributed by atoms with Crippen molar-refractivity contribution in [3.63, 3.8) is 0 Å². The second-order valence-electron chi connectivity index (χ2n) is 8.17. The highest BCUT2D eigenvalue weighted by atomic mass is 16.5. The molecule has 3 atom stereocenters. The molecule has 1 aliphatic carbocycles. The van der Waals surface area contributed by atoms with Gasteiger partial charge in [-0.3, -0.25) is 4.90 Å². The molecule has 2 aliphatic heterocycles. The Bertz CT molecular complexity index is 544. The minimum Gasteiger partial charge on any atom is -0.381 e. The average molecular weight is 344 g/mol. The summed E-state index contributed by atoms with van der Waals surface area (Å²) in [5.74, 6) is 1.67. The quantitative estimate of drug-likeness (QED) is 0.860. The van der Waals surface area contributed by atoms with E-state index < -0.39 is 0 Å². The molecule has 0 amide bonds. The Morgan fingerprint density at radius 2 is 1.96 bits per heavy atom. The number of likely N-dealkylation sites (tertiary alicyclic amines) is 1. The van der Waals surface area contributed by atoms with Crippen LogP contribution < -0.4 is 5.32 Å². The van der Waals surface area contributed by atoms with Gasteiger partial charge in [0.2, 0.25) is 0 Å². The normalized spacial score (nSPS) is 32.0. The molecule has 0 unspecified atom stereocenters. The summed E-state index contributed by atoms with van der Waals surface area (Å²) in [6.07, 6.45) is 4.72. The standard InChI is InChI=1S/C21H32N2O2/c1-24-21(9-11-25-12-10-21)16-22-20-8-7-18-14-23(15-19(18)20)13-17-5-3-2-4-6-17/h2-6,18-20,22H,7-16H2,1H3/t18-,19+,20-/m1/s1. The summed E-state index contributed by atoms with van der Waals surface area (Å²) in [5, 5.41) is 3.89. The fourth-order valence-corrected chi connectivity index (χ4v) is 5.10. The van der Waals surface area contributed by atoms with Gasteiger partial charge in [0.15, 0.2) is 0 Å². The van der Waals surface area contributed by atoms with Gasteiger partial charge in [-0.25, -0.2) is 0 Å². The van der Waals surface area contributed by atoms with Gasteiger partial charge in [0.05, 0.1) is 5.60 Å². The van der Waals surface area contributed by atoms with Crippen LogP contribution in [0.25, 0.3) is 0 Å². The lowest BCUT2D eigenvalue weighted by Gasteiger charge is -2.37. The molecule has 0 aromatic heterocycles. The zero-order valence-electron chi connectivity index (χ0n) is 15.5. The molecule has 0 radical (unpaired) electrons. The molecule has 4 rings (SSSR count). The first-order valence-corrected chi connectivity index (χ1v) is 9.91. The Morgan fingerprint density at radius 3 is 2.72 bits per heavy atom. The third kappa shape index (κ3) is 3.92. The van der Waals surface area contributed by atoms with Gasteiger partial charge >= 0.3 is 0 Å². The number of nitrogens with zero attached hydrogens (tertiary/aromatic N) is 1. The van der Waals surface area contributed by atoms with Crippen molar-refractivity contribution in [1.82, 2.24) is 10.2 Å².